The number of carbonyl (C=O) groups is 1. The number of nitrogens with one attached hydrogen (secondary N) is 1. The molecule has 0 unspecified atom stereocenters. The number of aromatic nitrogens is 3. The van der Waals surface area contributed by atoms with E-state index in [1.54, 1.807) is 0 Å². The Kier molecular flexibility index (Phi) is 4.19. The molecule has 1 fully saturated rings. The summed E-state index contributed by atoms with van der Waals surface area (Å²) in [6.45, 7) is 1.35. The first kappa shape index (κ1) is 15.8. The van der Waals surface area contributed by atoms with E-state index < -0.39 is 0 Å². The van der Waals surface area contributed by atoms with E-state index in [2.05, 4.69) is 15.4 Å². The minimum absolute atomic E-state index is 0.236. The van der Waals surface area contributed by atoms with Crippen molar-refractivity contribution in [2.24, 2.45) is 11.7 Å². The van der Waals surface area contributed by atoms with E-state index in [1.165, 1.54) is 0 Å². The van der Waals surface area contributed by atoms with Crippen molar-refractivity contribution in [2.45, 2.75) is 19.3 Å². The summed E-state index contributed by atoms with van der Waals surface area (Å²) in [4.78, 5) is 16.5. The second-order valence-corrected chi connectivity index (χ2v) is 6.42. The average Bonchev–Trinajstić information content (AvgIpc) is 3.40. The van der Waals surface area contributed by atoms with E-state index in [0.717, 1.165) is 42.0 Å². The zero-order valence-electron chi connectivity index (χ0n) is 14.0. The summed E-state index contributed by atoms with van der Waals surface area (Å²) in [6.07, 6.45) is 2.36. The molecule has 25 heavy (non-hydrogen) atoms. The number of ketones is 1. The summed E-state index contributed by atoms with van der Waals surface area (Å²) in [5.41, 5.74) is 9.33. The topological polar surface area (TPSA) is 85.3 Å². The van der Waals surface area contributed by atoms with Crippen LogP contribution in [0.3, 0.4) is 0 Å². The van der Waals surface area contributed by atoms with E-state index in [1.807, 2.05) is 47.0 Å². The predicted octanol–water partition coefficient (Wildman–Crippen LogP) is 2.29. The van der Waals surface area contributed by atoms with Crippen LogP contribution in [0.25, 0.3) is 16.9 Å². The molecule has 6 heteroatoms. The van der Waals surface area contributed by atoms with Gasteiger partial charge in [0.05, 0.1) is 12.1 Å². The number of fused-ring (bicyclic) bond motifs is 1. The minimum Gasteiger partial charge on any atom is -0.384 e. The number of benzene rings is 1. The molecule has 6 nitrogen and oxygen atoms in total. The fourth-order valence-electron chi connectivity index (χ4n) is 2.92. The van der Waals surface area contributed by atoms with E-state index >= 15 is 0 Å². The van der Waals surface area contributed by atoms with E-state index in [0.29, 0.717) is 18.8 Å². The first-order chi connectivity index (χ1) is 12.2. The standard InChI is InChI=1S/C19H21N5O/c20-10-11-21-15-8-6-13(7-9-15)16-2-1-3-19-22-18(23-24(16)19)12-17(25)14-4-5-14/h1-3,6-9,14,21H,4-5,10-12,20H2. The molecule has 0 aliphatic heterocycles. The van der Waals surface area contributed by atoms with Gasteiger partial charge in [0, 0.05) is 30.3 Å². The number of carbonyl (C=O) groups excluding carboxylic acids is 1. The molecule has 1 aliphatic carbocycles. The highest BCUT2D eigenvalue weighted by Gasteiger charge is 2.30. The monoisotopic (exact) mass is 335 g/mol. The molecule has 1 aliphatic rings. The number of hydrogen-bond donors (Lipinski definition) is 2. The quantitative estimate of drug-likeness (QED) is 0.692. The van der Waals surface area contributed by atoms with Gasteiger partial charge in [-0.1, -0.05) is 18.2 Å². The summed E-state index contributed by atoms with van der Waals surface area (Å²) in [7, 11) is 0. The molecule has 128 valence electrons. The van der Waals surface area contributed by atoms with Crippen LogP contribution in [0.2, 0.25) is 0 Å². The van der Waals surface area contributed by atoms with E-state index in [4.69, 9.17) is 5.73 Å². The second-order valence-electron chi connectivity index (χ2n) is 6.42. The number of nitrogens with zero attached hydrogens (tertiary/aromatic N) is 3. The van der Waals surface area contributed by atoms with Crippen LogP contribution < -0.4 is 11.1 Å². The summed E-state index contributed by atoms with van der Waals surface area (Å²) in [5, 5.41) is 7.82. The number of hydrogen-bond acceptors (Lipinski definition) is 5. The largest absolute Gasteiger partial charge is 0.384 e. The second kappa shape index (κ2) is 6.64. The molecule has 0 atom stereocenters. The fourth-order valence-corrected chi connectivity index (χ4v) is 2.92. The first-order valence-corrected chi connectivity index (χ1v) is 8.66. The van der Waals surface area contributed by atoms with Crippen LogP contribution >= 0.6 is 0 Å². The maximum Gasteiger partial charge on any atom is 0.159 e. The van der Waals surface area contributed by atoms with Crippen molar-refractivity contribution >= 4 is 17.1 Å². The van der Waals surface area contributed by atoms with Crippen molar-refractivity contribution < 1.29 is 4.79 Å². The molecule has 3 aromatic rings. The summed E-state index contributed by atoms with van der Waals surface area (Å²) in [5.74, 6) is 1.10. The lowest BCUT2D eigenvalue weighted by molar-refractivity contribution is -0.119. The maximum absolute atomic E-state index is 12.0. The molecule has 4 rings (SSSR count). The smallest absolute Gasteiger partial charge is 0.159 e. The van der Waals surface area contributed by atoms with Crippen LogP contribution in [-0.4, -0.2) is 33.5 Å². The Morgan fingerprint density at radius 2 is 2.00 bits per heavy atom. The molecule has 2 aromatic heterocycles. The van der Waals surface area contributed by atoms with Gasteiger partial charge in [0.25, 0.3) is 0 Å². The SMILES string of the molecule is NCCNc1ccc(-c2cccc3nc(CC(=O)C4CC4)nn23)cc1. The number of pyridine rings is 1. The molecule has 2 heterocycles. The van der Waals surface area contributed by atoms with E-state index in [-0.39, 0.29) is 11.7 Å². The van der Waals surface area contributed by atoms with Gasteiger partial charge in [0.2, 0.25) is 0 Å². The first-order valence-electron chi connectivity index (χ1n) is 8.66. The number of nitrogens with two attached hydrogens (primary N) is 1. The fraction of sp³-hybridized carbons (Fsp3) is 0.316. The number of Topliss-reactive ketones (excluding diaryl/α,β-unsaturated/α-hetero) is 1. The van der Waals surface area contributed by atoms with Gasteiger partial charge in [-0.05, 0) is 37.1 Å². The van der Waals surface area contributed by atoms with Gasteiger partial charge >= 0.3 is 0 Å². The van der Waals surface area contributed by atoms with Crippen LogP contribution in [0.1, 0.15) is 18.7 Å². The van der Waals surface area contributed by atoms with Gasteiger partial charge in [0.15, 0.2) is 11.5 Å². The third-order valence-corrected chi connectivity index (χ3v) is 4.42. The van der Waals surface area contributed by atoms with Crippen LogP contribution in [0.5, 0.6) is 0 Å². The molecule has 0 bridgehead atoms. The lowest BCUT2D eigenvalue weighted by Crippen LogP contribution is -2.12. The van der Waals surface area contributed by atoms with Crippen molar-refractivity contribution in [3.8, 4) is 11.3 Å². The van der Waals surface area contributed by atoms with Crippen LogP contribution in [0, 0.1) is 5.92 Å². The Morgan fingerprint density at radius 1 is 1.20 bits per heavy atom. The summed E-state index contributed by atoms with van der Waals surface area (Å²) >= 11 is 0. The Labute approximate surface area is 146 Å². The minimum atomic E-state index is 0.236. The van der Waals surface area contributed by atoms with Crippen LogP contribution in [-0.2, 0) is 11.2 Å². The summed E-state index contributed by atoms with van der Waals surface area (Å²) in [6, 6.07) is 14.0. The molecule has 3 N–H and O–H groups in total. The van der Waals surface area contributed by atoms with Gasteiger partial charge < -0.3 is 11.1 Å². The Bertz CT molecular complexity index is 896. The van der Waals surface area contributed by atoms with Gasteiger partial charge in [-0.2, -0.15) is 5.10 Å². The lowest BCUT2D eigenvalue weighted by atomic mass is 10.1. The third-order valence-electron chi connectivity index (χ3n) is 4.42. The van der Waals surface area contributed by atoms with Crippen LogP contribution in [0.4, 0.5) is 5.69 Å². The average molecular weight is 335 g/mol. The lowest BCUT2D eigenvalue weighted by Gasteiger charge is -2.07. The summed E-state index contributed by atoms with van der Waals surface area (Å²) < 4.78 is 1.82. The van der Waals surface area contributed by atoms with E-state index in [9.17, 15) is 4.79 Å². The zero-order chi connectivity index (χ0) is 17.2. The van der Waals surface area contributed by atoms with Gasteiger partial charge in [-0.15, -0.1) is 0 Å². The van der Waals surface area contributed by atoms with Crippen molar-refractivity contribution in [1.82, 2.24) is 14.6 Å². The number of anilines is 1. The molecular weight excluding hydrogens is 314 g/mol. The third kappa shape index (κ3) is 3.39. The molecular formula is C19H21N5O. The highest BCUT2D eigenvalue weighted by molar-refractivity contribution is 5.84. The Morgan fingerprint density at radius 3 is 2.72 bits per heavy atom. The highest BCUT2D eigenvalue weighted by Crippen LogP contribution is 2.30. The van der Waals surface area contributed by atoms with Crippen LogP contribution in [0.15, 0.2) is 42.5 Å². The molecule has 1 saturated carbocycles. The van der Waals surface area contributed by atoms with Crippen molar-refractivity contribution in [2.75, 3.05) is 18.4 Å². The normalized spacial score (nSPS) is 14.0. The van der Waals surface area contributed by atoms with Gasteiger partial charge in [-0.3, -0.25) is 4.79 Å². The molecule has 0 saturated heterocycles. The number of rotatable bonds is 7. The Balaban J connectivity index is 1.62. The van der Waals surface area contributed by atoms with Crippen molar-refractivity contribution in [3.63, 3.8) is 0 Å². The zero-order valence-corrected chi connectivity index (χ0v) is 14.0. The van der Waals surface area contributed by atoms with Crippen molar-refractivity contribution in [3.05, 3.63) is 48.3 Å². The highest BCUT2D eigenvalue weighted by atomic mass is 16.1. The molecule has 0 amide bonds. The maximum atomic E-state index is 12.0. The van der Waals surface area contributed by atoms with Gasteiger partial charge in [-0.25, -0.2) is 9.50 Å². The Hall–Kier alpha value is -2.73. The molecule has 1 aromatic carbocycles. The van der Waals surface area contributed by atoms with Gasteiger partial charge in [0.1, 0.15) is 5.78 Å². The van der Waals surface area contributed by atoms with Crippen molar-refractivity contribution in [1.29, 1.82) is 0 Å². The molecule has 0 radical (unpaired) electrons. The predicted molar refractivity (Wildman–Crippen MR) is 97.4 cm³/mol. The molecule has 0 spiro atoms.